The Hall–Kier alpha value is -4.37. The molecule has 9 heteroatoms. The van der Waals surface area contributed by atoms with Crippen LogP contribution in [0, 0.1) is 6.92 Å². The van der Waals surface area contributed by atoms with Gasteiger partial charge in [-0.05, 0) is 24.1 Å². The maximum atomic E-state index is 13.1. The van der Waals surface area contributed by atoms with Crippen molar-refractivity contribution in [3.63, 3.8) is 0 Å². The first-order valence-electron chi connectivity index (χ1n) is 10.4. The van der Waals surface area contributed by atoms with Crippen LogP contribution >= 0.6 is 11.3 Å². The summed E-state index contributed by atoms with van der Waals surface area (Å²) < 4.78 is 6.70. The summed E-state index contributed by atoms with van der Waals surface area (Å²) in [5, 5.41) is 17.6. The minimum Gasteiger partial charge on any atom is -0.857 e. The second kappa shape index (κ2) is 8.53. The van der Waals surface area contributed by atoms with Gasteiger partial charge in [0.25, 0.3) is 6.20 Å². The molecule has 0 bridgehead atoms. The molecule has 5 rings (SSSR count). The number of nitrogens with two attached hydrogens (primary N) is 1. The fourth-order valence-electron chi connectivity index (χ4n) is 3.89. The van der Waals surface area contributed by atoms with Gasteiger partial charge >= 0.3 is 5.88 Å². The molecule has 168 valence electrons. The Bertz CT molecular complexity index is 1560. The second-order valence-corrected chi connectivity index (χ2v) is 8.63. The van der Waals surface area contributed by atoms with Crippen LogP contribution in [0.25, 0.3) is 27.0 Å². The van der Waals surface area contributed by atoms with Crippen LogP contribution in [0.2, 0.25) is 0 Å². The van der Waals surface area contributed by atoms with Crippen LogP contribution in [0.4, 0.5) is 11.6 Å². The Labute approximate surface area is 198 Å². The monoisotopic (exact) mass is 469 g/mol. The van der Waals surface area contributed by atoms with Gasteiger partial charge in [0.15, 0.2) is 5.78 Å². The number of aliphatic imine (C=N–C) groups is 1. The van der Waals surface area contributed by atoms with Gasteiger partial charge in [0.1, 0.15) is 4.83 Å². The van der Waals surface area contributed by atoms with E-state index < -0.39 is 5.90 Å². The highest BCUT2D eigenvalue weighted by Gasteiger charge is 2.23. The molecule has 0 saturated heterocycles. The zero-order valence-electron chi connectivity index (χ0n) is 18.4. The number of aromatic nitrogens is 3. The van der Waals surface area contributed by atoms with Crippen LogP contribution in [-0.4, -0.2) is 21.9 Å². The fraction of sp³-hybridized carbons (Fsp3) is 0.0800. The molecular weight excluding hydrogens is 450 g/mol. The molecule has 0 aliphatic rings. The van der Waals surface area contributed by atoms with Crippen molar-refractivity contribution < 1.29 is 19.1 Å². The molecule has 8 nitrogen and oxygen atoms in total. The first kappa shape index (κ1) is 21.5. The summed E-state index contributed by atoms with van der Waals surface area (Å²) in [5.74, 6) is -0.651. The number of benzene rings is 2. The number of anilines is 1. The van der Waals surface area contributed by atoms with E-state index in [9.17, 15) is 9.90 Å². The number of Topliss-reactive ketones (excluding diaryl/α,β-unsaturated/α-hetero) is 1. The summed E-state index contributed by atoms with van der Waals surface area (Å²) >= 11 is 1.14. The van der Waals surface area contributed by atoms with Crippen molar-refractivity contribution in [2.75, 3.05) is 5.73 Å². The third kappa shape index (κ3) is 3.71. The molecule has 0 fully saturated rings. The maximum absolute atomic E-state index is 13.1. The molecule has 3 heterocycles. The predicted molar refractivity (Wildman–Crippen MR) is 128 cm³/mol. The number of aryl methyl sites for hydroxylation is 1. The lowest BCUT2D eigenvalue weighted by atomic mass is 9.93. The van der Waals surface area contributed by atoms with Gasteiger partial charge in [0.2, 0.25) is 11.0 Å². The third-order valence-corrected chi connectivity index (χ3v) is 6.44. The molecule has 0 aliphatic heterocycles. The van der Waals surface area contributed by atoms with Crippen LogP contribution in [-0.2, 0) is 0 Å². The van der Waals surface area contributed by atoms with E-state index in [1.54, 1.807) is 6.92 Å². The quantitative estimate of drug-likeness (QED) is 0.181. The number of para-hydroxylation sites is 1. The van der Waals surface area contributed by atoms with Gasteiger partial charge in [-0.3, -0.25) is 9.32 Å². The van der Waals surface area contributed by atoms with Crippen LogP contribution in [0.5, 0.6) is 0 Å². The first-order chi connectivity index (χ1) is 16.4. The number of carbonyl (C=O) groups is 1. The van der Waals surface area contributed by atoms with Crippen molar-refractivity contribution in [2.45, 2.75) is 13.8 Å². The van der Waals surface area contributed by atoms with Crippen molar-refractivity contribution in [3.05, 3.63) is 83.0 Å². The van der Waals surface area contributed by atoms with Gasteiger partial charge in [0.05, 0.1) is 16.3 Å². The van der Waals surface area contributed by atoms with Crippen LogP contribution in [0.15, 0.2) is 76.4 Å². The number of thiophene rings is 1. The van der Waals surface area contributed by atoms with E-state index in [0.29, 0.717) is 27.0 Å². The molecule has 0 saturated carbocycles. The van der Waals surface area contributed by atoms with E-state index in [2.05, 4.69) is 15.2 Å². The highest BCUT2D eigenvalue weighted by Crippen LogP contribution is 2.42. The number of nitrogens with zero attached hydrogens (tertiary/aromatic N) is 4. The van der Waals surface area contributed by atoms with Gasteiger partial charge in [0, 0.05) is 34.5 Å². The average Bonchev–Trinajstić information content (AvgIpc) is 3.43. The Balaban J connectivity index is 1.65. The second-order valence-electron chi connectivity index (χ2n) is 7.63. The zero-order valence-corrected chi connectivity index (χ0v) is 19.2. The minimum atomic E-state index is -0.571. The molecule has 2 aromatic carbocycles. The lowest BCUT2D eigenvalue weighted by molar-refractivity contribution is -0.670. The summed E-state index contributed by atoms with van der Waals surface area (Å²) in [5.41, 5.74) is 10.0. The van der Waals surface area contributed by atoms with E-state index in [1.807, 2.05) is 60.7 Å². The number of carbonyl (C=O) groups excluding carboxylic acids is 1. The van der Waals surface area contributed by atoms with Crippen molar-refractivity contribution in [1.29, 1.82) is 0 Å². The van der Waals surface area contributed by atoms with Gasteiger partial charge in [-0.2, -0.15) is 0 Å². The summed E-state index contributed by atoms with van der Waals surface area (Å²) in [6.07, 6.45) is 1.52. The lowest BCUT2D eigenvalue weighted by Gasteiger charge is -2.13. The fourth-order valence-corrected chi connectivity index (χ4v) is 4.92. The summed E-state index contributed by atoms with van der Waals surface area (Å²) in [6.45, 7) is 3.28. The summed E-state index contributed by atoms with van der Waals surface area (Å²) in [6, 6.07) is 18.8. The van der Waals surface area contributed by atoms with E-state index in [1.165, 1.54) is 17.8 Å². The minimum absolute atomic E-state index is 0.0440. The van der Waals surface area contributed by atoms with Gasteiger partial charge in [-0.25, -0.2) is 9.98 Å². The number of pyridine rings is 1. The predicted octanol–water partition coefficient (Wildman–Crippen LogP) is 3.76. The number of fused-ring (bicyclic) bond motifs is 1. The highest BCUT2D eigenvalue weighted by molar-refractivity contribution is 7.21. The number of ketones is 1. The molecule has 0 atom stereocenters. The topological polar surface area (TPSA) is 121 Å². The molecule has 0 unspecified atom stereocenters. The van der Waals surface area contributed by atoms with E-state index in [-0.39, 0.29) is 22.2 Å². The normalized spacial score (nSPS) is 11.8. The van der Waals surface area contributed by atoms with Crippen molar-refractivity contribution in [1.82, 2.24) is 10.3 Å². The Morgan fingerprint density at radius 3 is 2.47 bits per heavy atom. The van der Waals surface area contributed by atoms with E-state index in [4.69, 9.17) is 10.3 Å². The molecule has 34 heavy (non-hydrogen) atoms. The standard InChI is InChI=1S/C25H19N5O3S/c1-14-19(15(2)31)20(16-9-5-3-6-10-16)21-22(26)23(34-25(21)27-14)24(32)28-18-13-30(29-33-18)17-11-7-4-8-12-17/h3-13H,1-2H3,(H2-,26,28,29,32). The Kier molecular flexibility index (Phi) is 5.39. The van der Waals surface area contributed by atoms with Gasteiger partial charge < -0.3 is 10.8 Å². The SMILES string of the molecule is CC(=O)c1c(C)nc2sc(/C([O-])=N/c3c[n+](-c4ccccc4)no3)c(N)c2c1-c1ccccc1. The molecular formula is C25H19N5O3S. The lowest BCUT2D eigenvalue weighted by Crippen LogP contribution is -2.30. The number of rotatable bonds is 5. The molecule has 3 aromatic heterocycles. The number of hydrogen-bond donors (Lipinski definition) is 1. The van der Waals surface area contributed by atoms with Crippen molar-refractivity contribution in [2.24, 2.45) is 4.99 Å². The number of nitrogen functional groups attached to an aromatic ring is 1. The molecule has 0 amide bonds. The third-order valence-electron chi connectivity index (χ3n) is 5.35. The first-order valence-corrected chi connectivity index (χ1v) is 11.2. The molecule has 2 N–H and O–H groups in total. The largest absolute Gasteiger partial charge is 0.857 e. The summed E-state index contributed by atoms with van der Waals surface area (Å²) in [7, 11) is 0. The maximum Gasteiger partial charge on any atom is 0.321 e. The Morgan fingerprint density at radius 1 is 1.12 bits per heavy atom. The van der Waals surface area contributed by atoms with Gasteiger partial charge in [-0.1, -0.05) is 48.5 Å². The van der Waals surface area contributed by atoms with Crippen molar-refractivity contribution in [3.8, 4) is 16.8 Å². The Morgan fingerprint density at radius 2 is 1.79 bits per heavy atom. The van der Waals surface area contributed by atoms with E-state index in [0.717, 1.165) is 22.6 Å². The zero-order chi connectivity index (χ0) is 23.8. The van der Waals surface area contributed by atoms with Crippen molar-refractivity contribution >= 4 is 44.8 Å². The van der Waals surface area contributed by atoms with Crippen LogP contribution in [0.3, 0.4) is 0 Å². The van der Waals surface area contributed by atoms with E-state index >= 15 is 0 Å². The molecule has 0 aliphatic carbocycles. The van der Waals surface area contributed by atoms with Gasteiger partial charge in [-0.15, -0.1) is 11.3 Å². The molecule has 5 aromatic rings. The average molecular weight is 470 g/mol. The molecule has 0 spiro atoms. The number of hydrogen-bond acceptors (Lipinski definition) is 8. The van der Waals surface area contributed by atoms with Crippen LogP contribution in [0.1, 0.15) is 27.9 Å². The summed E-state index contributed by atoms with van der Waals surface area (Å²) in [4.78, 5) is 22.0. The highest BCUT2D eigenvalue weighted by atomic mass is 32.1. The van der Waals surface area contributed by atoms with Crippen LogP contribution < -0.4 is 15.5 Å². The molecule has 0 radical (unpaired) electrons. The smallest absolute Gasteiger partial charge is 0.321 e.